The van der Waals surface area contributed by atoms with E-state index >= 15 is 0 Å². The average Bonchev–Trinajstić information content (AvgIpc) is 3.08. The Labute approximate surface area is 288 Å². The summed E-state index contributed by atoms with van der Waals surface area (Å²) in [5.74, 6) is -5.31. The standard InChI is InChI=1S/C32H43N9O9/c1-3-19(2)27(40-28(45)20-8-5-4-6-9-20)31(48)39-24(15-16-26(43)44)29(46)36-18-25(42)38-23(10-7-17-35-32(33)34)30(47)37-21-11-13-22(14-12-21)41(49)50/h4-6,8-9,11-14,19,23-24,27H,3,7,10,15-18H2,1-2H3,(H,36,46)(H,37,47)(H,38,42)(H,39,48)(H,40,45)(H,43,44)(H4,33,34,35)/t19-,23+,24+,27-/m0/s1. The van der Waals surface area contributed by atoms with Gasteiger partial charge in [0.2, 0.25) is 23.6 Å². The maximum atomic E-state index is 13.4. The van der Waals surface area contributed by atoms with E-state index < -0.39 is 71.5 Å². The molecule has 0 aliphatic carbocycles. The summed E-state index contributed by atoms with van der Waals surface area (Å²) >= 11 is 0. The highest BCUT2D eigenvalue weighted by Gasteiger charge is 2.31. The summed E-state index contributed by atoms with van der Waals surface area (Å²) in [4.78, 5) is 90.8. The van der Waals surface area contributed by atoms with E-state index in [1.54, 1.807) is 37.3 Å². The van der Waals surface area contributed by atoms with E-state index in [4.69, 9.17) is 11.5 Å². The van der Waals surface area contributed by atoms with E-state index in [0.29, 0.717) is 12.0 Å². The number of carboxylic acid groups (broad SMARTS) is 1. The number of hydrogen-bond acceptors (Lipinski definition) is 9. The van der Waals surface area contributed by atoms with Crippen molar-refractivity contribution in [2.75, 3.05) is 18.4 Å². The molecule has 270 valence electrons. The molecule has 18 heteroatoms. The number of nitrogens with two attached hydrogens (primary N) is 2. The van der Waals surface area contributed by atoms with Gasteiger partial charge in [0.1, 0.15) is 18.1 Å². The number of carbonyl (C=O) groups excluding carboxylic acids is 5. The van der Waals surface area contributed by atoms with E-state index in [-0.39, 0.29) is 49.1 Å². The van der Waals surface area contributed by atoms with Crippen LogP contribution in [0.3, 0.4) is 0 Å². The monoisotopic (exact) mass is 697 g/mol. The number of nitrogens with one attached hydrogen (secondary N) is 5. The van der Waals surface area contributed by atoms with Gasteiger partial charge in [-0.05, 0) is 49.4 Å². The van der Waals surface area contributed by atoms with Gasteiger partial charge in [0.15, 0.2) is 5.96 Å². The maximum absolute atomic E-state index is 13.4. The molecule has 18 nitrogen and oxygen atoms in total. The van der Waals surface area contributed by atoms with E-state index in [1.165, 1.54) is 24.3 Å². The Morgan fingerprint density at radius 1 is 0.880 bits per heavy atom. The lowest BCUT2D eigenvalue weighted by Crippen LogP contribution is -2.56. The van der Waals surface area contributed by atoms with Crippen LogP contribution in [0.4, 0.5) is 11.4 Å². The number of rotatable bonds is 20. The van der Waals surface area contributed by atoms with Crippen molar-refractivity contribution in [3.05, 3.63) is 70.3 Å². The summed E-state index contributed by atoms with van der Waals surface area (Å²) in [6.45, 7) is 3.04. The lowest BCUT2D eigenvalue weighted by atomic mass is 9.97. The third-order valence-corrected chi connectivity index (χ3v) is 7.46. The third kappa shape index (κ3) is 14.0. The van der Waals surface area contributed by atoms with Crippen LogP contribution in [-0.2, 0) is 24.0 Å². The van der Waals surface area contributed by atoms with E-state index in [1.807, 2.05) is 6.92 Å². The Hall–Kier alpha value is -6.07. The summed E-state index contributed by atoms with van der Waals surface area (Å²) in [7, 11) is 0. The van der Waals surface area contributed by atoms with Gasteiger partial charge in [-0.2, -0.15) is 0 Å². The molecule has 0 saturated carbocycles. The van der Waals surface area contributed by atoms with Crippen LogP contribution in [0.2, 0.25) is 0 Å². The molecule has 2 rings (SSSR count). The minimum Gasteiger partial charge on any atom is -0.481 e. The smallest absolute Gasteiger partial charge is 0.303 e. The van der Waals surface area contributed by atoms with Crippen molar-refractivity contribution in [1.82, 2.24) is 21.3 Å². The minimum atomic E-state index is -1.38. The number of amides is 5. The van der Waals surface area contributed by atoms with Gasteiger partial charge in [-0.3, -0.25) is 43.9 Å². The van der Waals surface area contributed by atoms with Crippen LogP contribution in [0, 0.1) is 16.0 Å². The summed E-state index contributed by atoms with van der Waals surface area (Å²) in [5.41, 5.74) is 11.0. The van der Waals surface area contributed by atoms with E-state index in [9.17, 15) is 44.0 Å². The Morgan fingerprint density at radius 2 is 1.52 bits per heavy atom. The van der Waals surface area contributed by atoms with Crippen molar-refractivity contribution >= 4 is 52.8 Å². The molecule has 0 saturated heterocycles. The first-order valence-electron chi connectivity index (χ1n) is 15.8. The molecule has 0 heterocycles. The Balaban J connectivity index is 2.12. The maximum Gasteiger partial charge on any atom is 0.303 e. The van der Waals surface area contributed by atoms with Crippen molar-refractivity contribution in [3.8, 4) is 0 Å². The molecule has 5 amide bonds. The molecular formula is C32H43N9O9. The molecule has 0 fully saturated rings. The highest BCUT2D eigenvalue weighted by molar-refractivity contribution is 5.99. The zero-order valence-corrected chi connectivity index (χ0v) is 27.7. The van der Waals surface area contributed by atoms with Gasteiger partial charge in [-0.25, -0.2) is 0 Å². The molecule has 0 unspecified atom stereocenters. The number of non-ortho nitro benzene ring substituents is 1. The lowest BCUT2D eigenvalue weighted by molar-refractivity contribution is -0.384. The minimum absolute atomic E-state index is 0.0677. The second-order valence-electron chi connectivity index (χ2n) is 11.3. The Morgan fingerprint density at radius 3 is 2.10 bits per heavy atom. The van der Waals surface area contributed by atoms with Gasteiger partial charge in [0.25, 0.3) is 11.6 Å². The quantitative estimate of drug-likeness (QED) is 0.0308. The first kappa shape index (κ1) is 40.1. The summed E-state index contributed by atoms with van der Waals surface area (Å²) in [6, 6.07) is 9.63. The molecule has 2 aromatic rings. The number of anilines is 1. The topological polar surface area (TPSA) is 290 Å². The summed E-state index contributed by atoms with van der Waals surface area (Å²) in [5, 5.41) is 32.8. The lowest BCUT2D eigenvalue weighted by Gasteiger charge is -2.26. The van der Waals surface area contributed by atoms with Crippen molar-refractivity contribution in [2.45, 2.75) is 64.1 Å². The average molecular weight is 698 g/mol. The molecule has 10 N–H and O–H groups in total. The number of nitro benzene ring substituents is 1. The fourth-order valence-electron chi connectivity index (χ4n) is 4.52. The van der Waals surface area contributed by atoms with Crippen LogP contribution in [0.25, 0.3) is 0 Å². The number of benzene rings is 2. The highest BCUT2D eigenvalue weighted by Crippen LogP contribution is 2.16. The first-order chi connectivity index (χ1) is 23.7. The van der Waals surface area contributed by atoms with Gasteiger partial charge < -0.3 is 43.2 Å². The fourth-order valence-corrected chi connectivity index (χ4v) is 4.52. The van der Waals surface area contributed by atoms with Crippen LogP contribution in [0.5, 0.6) is 0 Å². The molecule has 2 aromatic carbocycles. The summed E-state index contributed by atoms with van der Waals surface area (Å²) < 4.78 is 0. The Kier molecular flexibility index (Phi) is 16.3. The number of aliphatic imine (C=N–C) groups is 1. The molecule has 0 radical (unpaired) electrons. The SMILES string of the molecule is CC[C@H](C)[C@H](NC(=O)c1ccccc1)C(=O)N[C@H](CCC(=O)O)C(=O)NCC(=O)N[C@H](CCCN=C(N)N)C(=O)Nc1ccc([N+](=O)[O-])cc1. The predicted molar refractivity (Wildman–Crippen MR) is 183 cm³/mol. The molecule has 0 aliphatic heterocycles. The third-order valence-electron chi connectivity index (χ3n) is 7.46. The zero-order valence-electron chi connectivity index (χ0n) is 27.7. The first-order valence-corrected chi connectivity index (χ1v) is 15.8. The second kappa shape index (κ2) is 20.3. The number of aliphatic carboxylic acids is 1. The molecule has 0 aromatic heterocycles. The van der Waals surface area contributed by atoms with Gasteiger partial charge in [-0.1, -0.05) is 38.5 Å². The summed E-state index contributed by atoms with van der Waals surface area (Å²) in [6.07, 6.45) is 0.0158. The van der Waals surface area contributed by atoms with Gasteiger partial charge in [0.05, 0.1) is 11.5 Å². The second-order valence-corrected chi connectivity index (χ2v) is 11.3. The van der Waals surface area contributed by atoms with Crippen LogP contribution in [0.1, 0.15) is 56.3 Å². The number of nitrogens with zero attached hydrogens (tertiary/aromatic N) is 2. The van der Waals surface area contributed by atoms with Crippen molar-refractivity contribution < 1.29 is 38.8 Å². The Bertz CT molecular complexity index is 1530. The molecular weight excluding hydrogens is 654 g/mol. The fraction of sp³-hybridized carbons (Fsp3) is 0.406. The van der Waals surface area contributed by atoms with Gasteiger partial charge in [0, 0.05) is 36.3 Å². The predicted octanol–water partition coefficient (Wildman–Crippen LogP) is 0.382. The number of guanidine groups is 1. The molecule has 50 heavy (non-hydrogen) atoms. The number of carboxylic acids is 1. The number of carbonyl (C=O) groups is 6. The van der Waals surface area contributed by atoms with Gasteiger partial charge in [-0.15, -0.1) is 0 Å². The van der Waals surface area contributed by atoms with Crippen molar-refractivity contribution in [1.29, 1.82) is 0 Å². The largest absolute Gasteiger partial charge is 0.481 e. The van der Waals surface area contributed by atoms with Crippen LogP contribution in [-0.4, -0.2) is 82.7 Å². The molecule has 0 bridgehead atoms. The van der Waals surface area contributed by atoms with Gasteiger partial charge >= 0.3 is 5.97 Å². The molecule has 4 atom stereocenters. The van der Waals surface area contributed by atoms with Crippen LogP contribution < -0.4 is 38.1 Å². The number of hydrogen-bond donors (Lipinski definition) is 8. The molecule has 0 spiro atoms. The highest BCUT2D eigenvalue weighted by atomic mass is 16.6. The van der Waals surface area contributed by atoms with Crippen molar-refractivity contribution in [3.63, 3.8) is 0 Å². The van der Waals surface area contributed by atoms with E-state index in [2.05, 4.69) is 31.6 Å². The van der Waals surface area contributed by atoms with Crippen LogP contribution in [0.15, 0.2) is 59.6 Å². The van der Waals surface area contributed by atoms with E-state index in [0.717, 1.165) is 0 Å². The van der Waals surface area contributed by atoms with Crippen molar-refractivity contribution in [2.24, 2.45) is 22.4 Å². The zero-order chi connectivity index (χ0) is 37.2. The molecule has 0 aliphatic rings. The normalized spacial score (nSPS) is 12.9. The number of nitro groups is 1. The van der Waals surface area contributed by atoms with Crippen LogP contribution >= 0.6 is 0 Å².